The number of aliphatic hydroxyl groups is 1. The standard InChI is InChI=1S/C11H18O/c1-3-5-7-8-10-11(12)9-6-4-2/h4,11-12H,2-3,5-7,9H2,1H3. The Morgan fingerprint density at radius 1 is 1.58 bits per heavy atom. The van der Waals surface area contributed by atoms with Crippen LogP contribution in [0.1, 0.15) is 39.0 Å². The number of hydrogen-bond acceptors (Lipinski definition) is 1. The molecule has 0 heterocycles. The molecule has 1 nitrogen and oxygen atoms in total. The molecular formula is C11H18O. The van der Waals surface area contributed by atoms with Gasteiger partial charge in [0.15, 0.2) is 0 Å². The van der Waals surface area contributed by atoms with Crippen LogP contribution in [0.4, 0.5) is 0 Å². The summed E-state index contributed by atoms with van der Waals surface area (Å²) in [7, 11) is 0. The van der Waals surface area contributed by atoms with Crippen molar-refractivity contribution in [3.8, 4) is 11.8 Å². The molecule has 0 aromatic carbocycles. The Bertz CT molecular complexity index is 162. The lowest BCUT2D eigenvalue weighted by molar-refractivity contribution is 0.223. The summed E-state index contributed by atoms with van der Waals surface area (Å²) in [5, 5.41) is 9.26. The molecule has 0 saturated carbocycles. The summed E-state index contributed by atoms with van der Waals surface area (Å²) >= 11 is 0. The van der Waals surface area contributed by atoms with Crippen molar-refractivity contribution >= 4 is 0 Å². The molecule has 1 N–H and O–H groups in total. The third-order valence-electron chi connectivity index (χ3n) is 1.57. The van der Waals surface area contributed by atoms with Crippen LogP contribution in [0.25, 0.3) is 0 Å². The number of aliphatic hydroxyl groups excluding tert-OH is 1. The van der Waals surface area contributed by atoms with Crippen molar-refractivity contribution in [3.05, 3.63) is 12.7 Å². The van der Waals surface area contributed by atoms with Crippen LogP contribution in [0, 0.1) is 11.8 Å². The molecule has 0 aliphatic heterocycles. The molecule has 0 aromatic rings. The van der Waals surface area contributed by atoms with E-state index in [9.17, 15) is 5.11 Å². The van der Waals surface area contributed by atoms with E-state index in [1.54, 1.807) is 6.08 Å². The molecule has 0 radical (unpaired) electrons. The van der Waals surface area contributed by atoms with Gasteiger partial charge in [-0.15, -0.1) is 12.5 Å². The minimum absolute atomic E-state index is 0.458. The predicted molar refractivity (Wildman–Crippen MR) is 52.7 cm³/mol. The summed E-state index contributed by atoms with van der Waals surface area (Å²) in [4.78, 5) is 0. The van der Waals surface area contributed by atoms with Gasteiger partial charge in [0, 0.05) is 6.42 Å². The molecule has 1 atom stereocenters. The minimum Gasteiger partial charge on any atom is -0.380 e. The van der Waals surface area contributed by atoms with Gasteiger partial charge in [0.1, 0.15) is 6.10 Å². The molecule has 0 rings (SSSR count). The molecule has 0 fully saturated rings. The zero-order valence-electron chi connectivity index (χ0n) is 7.84. The highest BCUT2D eigenvalue weighted by molar-refractivity contribution is 5.04. The van der Waals surface area contributed by atoms with Crippen LogP contribution in [0.5, 0.6) is 0 Å². The van der Waals surface area contributed by atoms with E-state index in [2.05, 4.69) is 25.3 Å². The fourth-order valence-electron chi connectivity index (χ4n) is 0.803. The lowest BCUT2D eigenvalue weighted by Gasteiger charge is -1.97. The van der Waals surface area contributed by atoms with Gasteiger partial charge in [-0.3, -0.25) is 0 Å². The third kappa shape index (κ3) is 7.37. The van der Waals surface area contributed by atoms with E-state index >= 15 is 0 Å². The van der Waals surface area contributed by atoms with Crippen LogP contribution < -0.4 is 0 Å². The molecule has 0 bridgehead atoms. The normalized spacial score (nSPS) is 11.5. The van der Waals surface area contributed by atoms with Gasteiger partial charge in [-0.2, -0.15) is 0 Å². The van der Waals surface area contributed by atoms with Gasteiger partial charge in [0.25, 0.3) is 0 Å². The van der Waals surface area contributed by atoms with Crippen molar-refractivity contribution in [1.82, 2.24) is 0 Å². The van der Waals surface area contributed by atoms with Gasteiger partial charge in [0.2, 0.25) is 0 Å². The Balaban J connectivity index is 3.42. The molecule has 0 aromatic heterocycles. The Morgan fingerprint density at radius 3 is 2.92 bits per heavy atom. The minimum atomic E-state index is -0.458. The van der Waals surface area contributed by atoms with Crippen LogP contribution in [0.2, 0.25) is 0 Å². The summed E-state index contributed by atoms with van der Waals surface area (Å²) < 4.78 is 0. The summed E-state index contributed by atoms with van der Waals surface area (Å²) in [6, 6.07) is 0. The lowest BCUT2D eigenvalue weighted by Crippen LogP contribution is -2.01. The summed E-state index contributed by atoms with van der Waals surface area (Å²) in [5.41, 5.74) is 0. The van der Waals surface area contributed by atoms with Crippen molar-refractivity contribution in [2.45, 2.75) is 45.1 Å². The Hall–Kier alpha value is -0.740. The van der Waals surface area contributed by atoms with Gasteiger partial charge < -0.3 is 5.11 Å². The van der Waals surface area contributed by atoms with E-state index in [1.807, 2.05) is 0 Å². The number of rotatable bonds is 5. The fourth-order valence-corrected chi connectivity index (χ4v) is 0.803. The van der Waals surface area contributed by atoms with Crippen molar-refractivity contribution in [2.75, 3.05) is 0 Å². The lowest BCUT2D eigenvalue weighted by atomic mass is 10.2. The number of allylic oxidation sites excluding steroid dienone is 1. The second-order valence-electron chi connectivity index (χ2n) is 2.81. The summed E-state index contributed by atoms with van der Waals surface area (Å²) in [6.45, 7) is 5.72. The topological polar surface area (TPSA) is 20.2 Å². The van der Waals surface area contributed by atoms with Crippen molar-refractivity contribution < 1.29 is 5.11 Å². The SMILES string of the molecule is C=CCCC(O)C#CCCCC. The van der Waals surface area contributed by atoms with Crippen LogP contribution in [0.15, 0.2) is 12.7 Å². The molecule has 1 heteroatoms. The first-order valence-electron chi connectivity index (χ1n) is 4.58. The maximum Gasteiger partial charge on any atom is 0.115 e. The van der Waals surface area contributed by atoms with E-state index in [4.69, 9.17) is 0 Å². The van der Waals surface area contributed by atoms with Crippen LogP contribution in [0.3, 0.4) is 0 Å². The maximum absolute atomic E-state index is 9.26. The van der Waals surface area contributed by atoms with E-state index in [0.29, 0.717) is 6.42 Å². The van der Waals surface area contributed by atoms with Crippen LogP contribution >= 0.6 is 0 Å². The molecule has 0 saturated heterocycles. The predicted octanol–water partition coefficient (Wildman–Crippen LogP) is 2.51. The highest BCUT2D eigenvalue weighted by atomic mass is 16.3. The van der Waals surface area contributed by atoms with Gasteiger partial charge >= 0.3 is 0 Å². The van der Waals surface area contributed by atoms with Gasteiger partial charge in [-0.25, -0.2) is 0 Å². The molecule has 1 unspecified atom stereocenters. The maximum atomic E-state index is 9.26. The molecule has 0 amide bonds. The van der Waals surface area contributed by atoms with Crippen molar-refractivity contribution in [2.24, 2.45) is 0 Å². The zero-order chi connectivity index (χ0) is 9.23. The second-order valence-corrected chi connectivity index (χ2v) is 2.81. The Labute approximate surface area is 75.5 Å². The van der Waals surface area contributed by atoms with Gasteiger partial charge in [-0.05, 0) is 19.3 Å². The molecule has 0 aliphatic rings. The van der Waals surface area contributed by atoms with Gasteiger partial charge in [0.05, 0.1) is 0 Å². The first-order valence-corrected chi connectivity index (χ1v) is 4.58. The number of hydrogen-bond donors (Lipinski definition) is 1. The smallest absolute Gasteiger partial charge is 0.115 e. The highest BCUT2D eigenvalue weighted by Gasteiger charge is 1.94. The largest absolute Gasteiger partial charge is 0.380 e. The van der Waals surface area contributed by atoms with E-state index in [1.165, 1.54) is 0 Å². The van der Waals surface area contributed by atoms with E-state index in [0.717, 1.165) is 25.7 Å². The zero-order valence-corrected chi connectivity index (χ0v) is 7.84. The molecule has 0 spiro atoms. The highest BCUT2D eigenvalue weighted by Crippen LogP contribution is 1.96. The molecule has 12 heavy (non-hydrogen) atoms. The average Bonchev–Trinajstić information content (AvgIpc) is 2.09. The summed E-state index contributed by atoms with van der Waals surface area (Å²) in [6.07, 6.45) is 6.09. The second kappa shape index (κ2) is 8.36. The monoisotopic (exact) mass is 166 g/mol. The molecular weight excluding hydrogens is 148 g/mol. The first kappa shape index (κ1) is 11.3. The quantitative estimate of drug-likeness (QED) is 0.378. The average molecular weight is 166 g/mol. The van der Waals surface area contributed by atoms with Crippen molar-refractivity contribution in [1.29, 1.82) is 0 Å². The Kier molecular flexibility index (Phi) is 7.84. The fraction of sp³-hybridized carbons (Fsp3) is 0.636. The third-order valence-corrected chi connectivity index (χ3v) is 1.57. The molecule has 0 aliphatic carbocycles. The van der Waals surface area contributed by atoms with E-state index in [-0.39, 0.29) is 0 Å². The van der Waals surface area contributed by atoms with Crippen LogP contribution in [-0.4, -0.2) is 11.2 Å². The van der Waals surface area contributed by atoms with Crippen molar-refractivity contribution in [3.63, 3.8) is 0 Å². The Morgan fingerprint density at radius 2 is 2.33 bits per heavy atom. The van der Waals surface area contributed by atoms with Crippen LogP contribution in [-0.2, 0) is 0 Å². The van der Waals surface area contributed by atoms with Gasteiger partial charge in [-0.1, -0.05) is 25.3 Å². The van der Waals surface area contributed by atoms with E-state index < -0.39 is 6.10 Å². The molecule has 68 valence electrons. The number of unbranched alkanes of at least 4 members (excludes halogenated alkanes) is 2. The summed E-state index contributed by atoms with van der Waals surface area (Å²) in [5.74, 6) is 5.77. The first-order chi connectivity index (χ1) is 5.81.